The van der Waals surface area contributed by atoms with Crippen LogP contribution in [0, 0.1) is 6.92 Å². The van der Waals surface area contributed by atoms with Gasteiger partial charge in [0.1, 0.15) is 5.52 Å². The molecule has 1 aromatic carbocycles. The lowest BCUT2D eigenvalue weighted by Crippen LogP contribution is -2.19. The average molecular weight is 334 g/mol. The van der Waals surface area contributed by atoms with Crippen LogP contribution in [0.3, 0.4) is 0 Å². The molecule has 0 fully saturated rings. The van der Waals surface area contributed by atoms with Gasteiger partial charge in [-0.05, 0) is 25.1 Å². The van der Waals surface area contributed by atoms with Gasteiger partial charge in [0.25, 0.3) is 0 Å². The summed E-state index contributed by atoms with van der Waals surface area (Å²) >= 11 is 0. The molecule has 3 aromatic heterocycles. The number of aryl methyl sites for hydroxylation is 1. The highest BCUT2D eigenvalue weighted by Crippen LogP contribution is 2.27. The van der Waals surface area contributed by atoms with E-state index in [-0.39, 0.29) is 0 Å². The normalized spacial score (nSPS) is 11.1. The molecular formula is C18H18N6O. The van der Waals surface area contributed by atoms with Gasteiger partial charge in [-0.3, -0.25) is 5.10 Å². The number of fused-ring (bicyclic) bond motifs is 2. The summed E-state index contributed by atoms with van der Waals surface area (Å²) in [5, 5.41) is 11.6. The van der Waals surface area contributed by atoms with E-state index < -0.39 is 0 Å². The van der Waals surface area contributed by atoms with E-state index in [2.05, 4.69) is 32.1 Å². The first-order valence-electron chi connectivity index (χ1n) is 7.95. The molecule has 3 heterocycles. The number of rotatable bonds is 5. The molecule has 0 aliphatic carbocycles. The molecule has 4 rings (SSSR count). The van der Waals surface area contributed by atoms with Crippen LogP contribution in [0.4, 0.5) is 17.5 Å². The molecule has 0 amide bonds. The number of hydrogen-bond donors (Lipinski definition) is 2. The van der Waals surface area contributed by atoms with Crippen molar-refractivity contribution in [3.8, 4) is 0 Å². The maximum absolute atomic E-state index is 5.54. The van der Waals surface area contributed by atoms with Crippen LogP contribution >= 0.6 is 0 Å². The molecule has 0 bridgehead atoms. The van der Waals surface area contributed by atoms with Crippen molar-refractivity contribution in [3.63, 3.8) is 0 Å². The summed E-state index contributed by atoms with van der Waals surface area (Å²) in [6.07, 6.45) is 3.44. The molecule has 2 N–H and O–H groups in total. The first kappa shape index (κ1) is 15.2. The van der Waals surface area contributed by atoms with Crippen LogP contribution in [0.25, 0.3) is 22.0 Å². The van der Waals surface area contributed by atoms with E-state index in [1.807, 2.05) is 49.2 Å². The van der Waals surface area contributed by atoms with Gasteiger partial charge in [-0.1, -0.05) is 6.08 Å². The number of hydrogen-bond acceptors (Lipinski definition) is 6. The third kappa shape index (κ3) is 2.69. The molecule has 0 radical (unpaired) electrons. The Labute approximate surface area is 144 Å². The van der Waals surface area contributed by atoms with Crippen LogP contribution in [0.15, 0.2) is 47.6 Å². The third-order valence-electron chi connectivity index (χ3n) is 4.06. The second kappa shape index (κ2) is 5.94. The molecule has 0 saturated carbocycles. The van der Waals surface area contributed by atoms with E-state index in [9.17, 15) is 0 Å². The number of aromatic nitrogens is 4. The second-order valence-electron chi connectivity index (χ2n) is 5.87. The van der Waals surface area contributed by atoms with Crippen molar-refractivity contribution in [2.45, 2.75) is 6.92 Å². The number of likely N-dealkylation sites (N-methyl/N-ethyl adjacent to an activating group) is 1. The Hall–Kier alpha value is -3.35. The lowest BCUT2D eigenvalue weighted by molar-refractivity contribution is 0.612. The minimum absolute atomic E-state index is 0.510. The minimum Gasteiger partial charge on any atom is -0.459 e. The van der Waals surface area contributed by atoms with Crippen molar-refractivity contribution in [2.75, 3.05) is 23.8 Å². The van der Waals surface area contributed by atoms with Crippen LogP contribution < -0.4 is 10.2 Å². The second-order valence-corrected chi connectivity index (χ2v) is 5.87. The Morgan fingerprint density at radius 3 is 3.04 bits per heavy atom. The van der Waals surface area contributed by atoms with Gasteiger partial charge in [0.05, 0.1) is 17.5 Å². The molecular weight excluding hydrogens is 316 g/mol. The highest BCUT2D eigenvalue weighted by Gasteiger charge is 2.14. The molecule has 0 saturated heterocycles. The number of anilines is 3. The van der Waals surface area contributed by atoms with Gasteiger partial charge in [-0.15, -0.1) is 6.58 Å². The van der Waals surface area contributed by atoms with Gasteiger partial charge in [-0.25, -0.2) is 4.98 Å². The summed E-state index contributed by atoms with van der Waals surface area (Å²) in [5.74, 6) is 1.23. The van der Waals surface area contributed by atoms with Gasteiger partial charge < -0.3 is 14.6 Å². The number of aromatic amines is 1. The van der Waals surface area contributed by atoms with Gasteiger partial charge in [0.15, 0.2) is 11.4 Å². The van der Waals surface area contributed by atoms with E-state index >= 15 is 0 Å². The monoisotopic (exact) mass is 334 g/mol. The first-order valence-corrected chi connectivity index (χ1v) is 7.95. The summed E-state index contributed by atoms with van der Waals surface area (Å²) in [7, 11) is 1.94. The van der Waals surface area contributed by atoms with Crippen LogP contribution in [-0.4, -0.2) is 33.8 Å². The van der Waals surface area contributed by atoms with Crippen molar-refractivity contribution in [1.82, 2.24) is 20.2 Å². The summed E-state index contributed by atoms with van der Waals surface area (Å²) < 4.78 is 5.54. The van der Waals surface area contributed by atoms with Gasteiger partial charge in [0.2, 0.25) is 5.95 Å². The van der Waals surface area contributed by atoms with Gasteiger partial charge in [0, 0.05) is 30.7 Å². The minimum atomic E-state index is 0.510. The molecule has 4 aromatic rings. The van der Waals surface area contributed by atoms with E-state index in [0.717, 1.165) is 33.6 Å². The number of nitrogens with zero attached hydrogens (tertiary/aromatic N) is 4. The average Bonchev–Trinajstić information content (AvgIpc) is 3.21. The van der Waals surface area contributed by atoms with E-state index in [1.165, 1.54) is 0 Å². The highest BCUT2D eigenvalue weighted by atomic mass is 16.3. The van der Waals surface area contributed by atoms with Crippen molar-refractivity contribution in [3.05, 3.63) is 48.9 Å². The van der Waals surface area contributed by atoms with Crippen molar-refractivity contribution < 1.29 is 4.42 Å². The van der Waals surface area contributed by atoms with Crippen LogP contribution in [0.1, 0.15) is 5.69 Å². The summed E-state index contributed by atoms with van der Waals surface area (Å²) in [4.78, 5) is 11.1. The fourth-order valence-electron chi connectivity index (χ4n) is 2.81. The van der Waals surface area contributed by atoms with Crippen molar-refractivity contribution in [2.24, 2.45) is 0 Å². The largest absolute Gasteiger partial charge is 0.459 e. The zero-order valence-electron chi connectivity index (χ0n) is 14.1. The lowest BCUT2D eigenvalue weighted by Gasteiger charge is -2.17. The topological polar surface area (TPSA) is 82.9 Å². The van der Waals surface area contributed by atoms with Crippen LogP contribution in [0.2, 0.25) is 0 Å². The number of H-pyrrole nitrogens is 1. The molecule has 7 nitrogen and oxygen atoms in total. The Bertz CT molecular complexity index is 1060. The number of benzene rings is 1. The Balaban J connectivity index is 1.73. The number of nitrogens with one attached hydrogen (secondary N) is 2. The third-order valence-corrected chi connectivity index (χ3v) is 4.06. The molecule has 7 heteroatoms. The summed E-state index contributed by atoms with van der Waals surface area (Å²) in [6, 6.07) is 7.83. The SMILES string of the molecule is C=CCN(C)c1nc(Nc2ccc3c(C)n[nH]c3c2)nc2ccoc12. The smallest absolute Gasteiger partial charge is 0.229 e. The zero-order chi connectivity index (χ0) is 17.4. The van der Waals surface area contributed by atoms with Crippen LogP contribution in [0.5, 0.6) is 0 Å². The van der Waals surface area contributed by atoms with Crippen molar-refractivity contribution >= 4 is 39.5 Å². The quantitative estimate of drug-likeness (QED) is 0.541. The standard InChI is InChI=1S/C18H18N6O/c1-4-8-24(3)17-16-14(7-9-25-16)20-18(21-17)19-12-5-6-13-11(2)22-23-15(13)10-12/h4-7,9-10H,1,8H2,2-3H3,(H,22,23)(H,19,20,21). The molecule has 0 spiro atoms. The Morgan fingerprint density at radius 1 is 1.32 bits per heavy atom. The number of furan rings is 1. The van der Waals surface area contributed by atoms with Crippen molar-refractivity contribution in [1.29, 1.82) is 0 Å². The molecule has 0 atom stereocenters. The van der Waals surface area contributed by atoms with E-state index in [4.69, 9.17) is 4.42 Å². The fourth-order valence-corrected chi connectivity index (χ4v) is 2.81. The lowest BCUT2D eigenvalue weighted by atomic mass is 10.2. The predicted octanol–water partition coefficient (Wildman–Crippen LogP) is 3.77. The molecule has 126 valence electrons. The molecule has 0 aliphatic rings. The Kier molecular flexibility index (Phi) is 3.61. The van der Waals surface area contributed by atoms with Gasteiger partial charge in [-0.2, -0.15) is 10.1 Å². The fraction of sp³-hybridized carbons (Fsp3) is 0.167. The Morgan fingerprint density at radius 2 is 2.20 bits per heavy atom. The summed E-state index contributed by atoms with van der Waals surface area (Å²) in [5.41, 5.74) is 4.24. The molecule has 0 aliphatic heterocycles. The molecule has 25 heavy (non-hydrogen) atoms. The zero-order valence-corrected chi connectivity index (χ0v) is 14.1. The molecule has 0 unspecified atom stereocenters. The maximum Gasteiger partial charge on any atom is 0.229 e. The maximum atomic E-state index is 5.54. The highest BCUT2D eigenvalue weighted by molar-refractivity contribution is 5.87. The van der Waals surface area contributed by atoms with Gasteiger partial charge >= 0.3 is 0 Å². The predicted molar refractivity (Wildman–Crippen MR) is 99.4 cm³/mol. The first-order chi connectivity index (χ1) is 12.2. The van der Waals surface area contributed by atoms with E-state index in [1.54, 1.807) is 6.26 Å². The summed E-state index contributed by atoms with van der Waals surface area (Å²) in [6.45, 7) is 6.41. The van der Waals surface area contributed by atoms with Crippen LogP contribution in [-0.2, 0) is 0 Å². The van der Waals surface area contributed by atoms with E-state index in [0.29, 0.717) is 18.1 Å².